The van der Waals surface area contributed by atoms with Gasteiger partial charge < -0.3 is 10.1 Å². The Balaban J connectivity index is 2.25. The molecule has 0 radical (unpaired) electrons. The first-order chi connectivity index (χ1) is 12.7. The normalized spacial score (nSPS) is 10.3. The summed E-state index contributed by atoms with van der Waals surface area (Å²) in [6.07, 6.45) is 0. The molecular formula is C20H21ClN2O4. The average Bonchev–Trinajstić information content (AvgIpc) is 2.61. The fraction of sp³-hybridized carbons (Fsp3) is 0.250. The van der Waals surface area contributed by atoms with Crippen molar-refractivity contribution in [2.75, 3.05) is 23.9 Å². The summed E-state index contributed by atoms with van der Waals surface area (Å²) in [6, 6.07) is 9.92. The Labute approximate surface area is 163 Å². The first kappa shape index (κ1) is 20.5. The number of hydrogen-bond donors (Lipinski definition) is 1. The van der Waals surface area contributed by atoms with Gasteiger partial charge >= 0.3 is 0 Å². The lowest BCUT2D eigenvalue weighted by Crippen LogP contribution is -2.37. The second-order valence-corrected chi connectivity index (χ2v) is 6.47. The number of nitrogens with zero attached hydrogens (tertiary/aromatic N) is 1. The van der Waals surface area contributed by atoms with E-state index in [4.69, 9.17) is 16.3 Å². The van der Waals surface area contributed by atoms with Gasteiger partial charge in [0.1, 0.15) is 12.3 Å². The number of rotatable bonds is 6. The van der Waals surface area contributed by atoms with Gasteiger partial charge in [0, 0.05) is 29.3 Å². The van der Waals surface area contributed by atoms with E-state index in [1.807, 2.05) is 0 Å². The van der Waals surface area contributed by atoms with Crippen molar-refractivity contribution >= 4 is 40.6 Å². The number of ether oxygens (including phenoxy) is 1. The first-order valence-electron chi connectivity index (χ1n) is 8.26. The highest BCUT2D eigenvalue weighted by Gasteiger charge is 2.21. The number of aryl methyl sites for hydroxylation is 1. The van der Waals surface area contributed by atoms with Gasteiger partial charge in [-0.1, -0.05) is 23.7 Å². The van der Waals surface area contributed by atoms with Crippen molar-refractivity contribution in [1.29, 1.82) is 0 Å². The molecule has 0 aliphatic rings. The summed E-state index contributed by atoms with van der Waals surface area (Å²) >= 11 is 6.11. The molecule has 6 nitrogen and oxygen atoms in total. The number of hydrogen-bond acceptors (Lipinski definition) is 4. The second-order valence-electron chi connectivity index (χ2n) is 6.06. The minimum atomic E-state index is -0.402. The number of carbonyl (C=O) groups excluding carboxylic acids is 3. The summed E-state index contributed by atoms with van der Waals surface area (Å²) in [7, 11) is 1.47. The van der Waals surface area contributed by atoms with Crippen LogP contribution in [0.15, 0.2) is 36.4 Å². The third kappa shape index (κ3) is 5.08. The Morgan fingerprint density at radius 3 is 2.44 bits per heavy atom. The molecule has 2 aromatic carbocycles. The van der Waals surface area contributed by atoms with Crippen molar-refractivity contribution in [2.45, 2.75) is 20.8 Å². The third-order valence-corrected chi connectivity index (χ3v) is 4.39. The number of ketones is 1. The number of halogens is 1. The van der Waals surface area contributed by atoms with Crippen molar-refractivity contribution in [2.24, 2.45) is 0 Å². The van der Waals surface area contributed by atoms with Crippen molar-refractivity contribution in [3.63, 3.8) is 0 Å². The van der Waals surface area contributed by atoms with Crippen molar-refractivity contribution < 1.29 is 19.1 Å². The molecule has 0 aliphatic carbocycles. The molecule has 2 aromatic rings. The maximum absolute atomic E-state index is 12.5. The fourth-order valence-electron chi connectivity index (χ4n) is 2.55. The molecule has 0 unspecified atom stereocenters. The van der Waals surface area contributed by atoms with Crippen molar-refractivity contribution in [3.8, 4) is 5.75 Å². The van der Waals surface area contributed by atoms with E-state index in [1.165, 1.54) is 25.9 Å². The highest BCUT2D eigenvalue weighted by molar-refractivity contribution is 6.31. The van der Waals surface area contributed by atoms with Gasteiger partial charge in [-0.05, 0) is 37.6 Å². The second kappa shape index (κ2) is 8.68. The van der Waals surface area contributed by atoms with Crippen LogP contribution in [-0.2, 0) is 9.59 Å². The van der Waals surface area contributed by atoms with E-state index in [1.54, 1.807) is 43.3 Å². The number of methoxy groups -OCH3 is 1. The van der Waals surface area contributed by atoms with E-state index in [2.05, 4.69) is 5.32 Å². The summed E-state index contributed by atoms with van der Waals surface area (Å²) in [6.45, 7) is 4.41. The van der Waals surface area contributed by atoms with Crippen LogP contribution in [0.5, 0.6) is 5.75 Å². The van der Waals surface area contributed by atoms with Gasteiger partial charge in [0.2, 0.25) is 11.8 Å². The molecule has 0 heterocycles. The van der Waals surface area contributed by atoms with Crippen LogP contribution < -0.4 is 15.0 Å². The number of benzene rings is 2. The monoisotopic (exact) mass is 388 g/mol. The molecule has 2 rings (SSSR count). The van der Waals surface area contributed by atoms with Gasteiger partial charge in [-0.2, -0.15) is 0 Å². The van der Waals surface area contributed by atoms with Crippen LogP contribution in [0.3, 0.4) is 0 Å². The molecule has 0 saturated carbocycles. The summed E-state index contributed by atoms with van der Waals surface area (Å²) in [5, 5.41) is 3.21. The maximum Gasteiger partial charge on any atom is 0.244 e. The molecule has 1 N–H and O–H groups in total. The smallest absolute Gasteiger partial charge is 0.244 e. The van der Waals surface area contributed by atoms with Gasteiger partial charge in [0.05, 0.1) is 12.8 Å². The molecule has 0 atom stereocenters. The number of carbonyl (C=O) groups is 3. The van der Waals surface area contributed by atoms with Gasteiger partial charge in [-0.3, -0.25) is 19.3 Å². The van der Waals surface area contributed by atoms with E-state index >= 15 is 0 Å². The zero-order valence-electron chi connectivity index (χ0n) is 15.6. The Kier molecular flexibility index (Phi) is 6.58. The predicted molar refractivity (Wildman–Crippen MR) is 106 cm³/mol. The van der Waals surface area contributed by atoms with Crippen LogP contribution in [0.1, 0.15) is 29.8 Å². The number of amides is 2. The summed E-state index contributed by atoms with van der Waals surface area (Å²) in [4.78, 5) is 37.4. The lowest BCUT2D eigenvalue weighted by Gasteiger charge is -2.23. The lowest BCUT2D eigenvalue weighted by molar-refractivity contribution is -0.120. The van der Waals surface area contributed by atoms with E-state index in [9.17, 15) is 14.4 Å². The molecule has 142 valence electrons. The van der Waals surface area contributed by atoms with E-state index in [0.717, 1.165) is 5.56 Å². The molecule has 0 spiro atoms. The van der Waals surface area contributed by atoms with Gasteiger partial charge in [0.25, 0.3) is 0 Å². The molecule has 0 bridgehead atoms. The molecule has 27 heavy (non-hydrogen) atoms. The average molecular weight is 389 g/mol. The van der Waals surface area contributed by atoms with Gasteiger partial charge in [-0.15, -0.1) is 0 Å². The Bertz CT molecular complexity index is 896. The van der Waals surface area contributed by atoms with E-state index in [-0.39, 0.29) is 18.2 Å². The summed E-state index contributed by atoms with van der Waals surface area (Å²) in [5.74, 6) is -0.423. The summed E-state index contributed by atoms with van der Waals surface area (Å²) < 4.78 is 5.31. The largest absolute Gasteiger partial charge is 0.495 e. The van der Waals surface area contributed by atoms with E-state index in [0.29, 0.717) is 27.7 Å². The number of anilines is 2. The molecule has 0 saturated heterocycles. The topological polar surface area (TPSA) is 75.7 Å². The van der Waals surface area contributed by atoms with Gasteiger partial charge in [-0.25, -0.2) is 0 Å². The molecule has 2 amide bonds. The van der Waals surface area contributed by atoms with Crippen LogP contribution in [0.25, 0.3) is 0 Å². The Morgan fingerprint density at radius 1 is 1.15 bits per heavy atom. The maximum atomic E-state index is 12.5. The summed E-state index contributed by atoms with van der Waals surface area (Å²) in [5.41, 5.74) is 2.19. The van der Waals surface area contributed by atoms with Gasteiger partial charge in [0.15, 0.2) is 5.78 Å². The Hall–Kier alpha value is -2.86. The SMILES string of the molecule is COc1cc(Cl)c(C)cc1N(CC(=O)Nc1cccc(C(C)=O)c1)C(C)=O. The lowest BCUT2D eigenvalue weighted by atomic mass is 10.1. The van der Waals surface area contributed by atoms with Crippen LogP contribution in [-0.4, -0.2) is 31.3 Å². The zero-order valence-corrected chi connectivity index (χ0v) is 16.4. The number of nitrogens with one attached hydrogen (secondary N) is 1. The molecule has 7 heteroatoms. The minimum absolute atomic E-state index is 0.0992. The highest BCUT2D eigenvalue weighted by atomic mass is 35.5. The number of Topliss-reactive ketones (excluding diaryl/α,β-unsaturated/α-hetero) is 1. The molecular weight excluding hydrogens is 368 g/mol. The zero-order chi connectivity index (χ0) is 20.1. The van der Waals surface area contributed by atoms with Crippen LogP contribution >= 0.6 is 11.6 Å². The quantitative estimate of drug-likeness (QED) is 0.762. The molecule has 0 aromatic heterocycles. The van der Waals surface area contributed by atoms with Crippen molar-refractivity contribution in [3.05, 3.63) is 52.5 Å². The molecule has 0 fully saturated rings. The third-order valence-electron chi connectivity index (χ3n) is 3.99. The predicted octanol–water partition coefficient (Wildman–Crippen LogP) is 3.85. The molecule has 0 aliphatic heterocycles. The van der Waals surface area contributed by atoms with Crippen LogP contribution in [0.4, 0.5) is 11.4 Å². The first-order valence-corrected chi connectivity index (χ1v) is 8.63. The van der Waals surface area contributed by atoms with Crippen molar-refractivity contribution in [1.82, 2.24) is 0 Å². The van der Waals surface area contributed by atoms with Crippen LogP contribution in [0, 0.1) is 6.92 Å². The Morgan fingerprint density at radius 2 is 1.85 bits per heavy atom. The highest BCUT2D eigenvalue weighted by Crippen LogP contribution is 2.34. The fourth-order valence-corrected chi connectivity index (χ4v) is 2.70. The minimum Gasteiger partial charge on any atom is -0.495 e. The van der Waals surface area contributed by atoms with E-state index < -0.39 is 5.91 Å². The van der Waals surface area contributed by atoms with Crippen LogP contribution in [0.2, 0.25) is 5.02 Å². The standard InChI is InChI=1S/C20H21ClN2O4/c1-12-8-18(19(27-4)10-17(12)21)23(14(3)25)11-20(26)22-16-7-5-6-15(9-16)13(2)24/h5-10H,11H2,1-4H3,(H,22,26).